The van der Waals surface area contributed by atoms with Gasteiger partial charge in [0.15, 0.2) is 0 Å². The number of likely N-dealkylation sites (tertiary alicyclic amines) is 1. The maximum atomic E-state index is 5.91. The number of nitrogens with two attached hydrogens (primary N) is 1. The Balaban J connectivity index is 1.87. The van der Waals surface area contributed by atoms with Crippen molar-refractivity contribution in [3.63, 3.8) is 0 Å². The van der Waals surface area contributed by atoms with Gasteiger partial charge in [-0.1, -0.05) is 19.8 Å². The van der Waals surface area contributed by atoms with Gasteiger partial charge in [0.2, 0.25) is 0 Å². The molecule has 2 rings (SSSR count). The van der Waals surface area contributed by atoms with Crippen molar-refractivity contribution in [1.29, 1.82) is 0 Å². The molecule has 2 nitrogen and oxygen atoms in total. The van der Waals surface area contributed by atoms with Gasteiger partial charge in [-0.3, -0.25) is 0 Å². The van der Waals surface area contributed by atoms with E-state index in [1.54, 1.807) is 0 Å². The van der Waals surface area contributed by atoms with Gasteiger partial charge in [0.1, 0.15) is 0 Å². The van der Waals surface area contributed by atoms with E-state index >= 15 is 0 Å². The predicted molar refractivity (Wildman–Crippen MR) is 69.3 cm³/mol. The molecule has 2 heteroatoms. The Kier molecular flexibility index (Phi) is 4.26. The van der Waals surface area contributed by atoms with Crippen LogP contribution in [0, 0.1) is 17.8 Å². The third-order valence-corrected chi connectivity index (χ3v) is 4.75. The molecule has 16 heavy (non-hydrogen) atoms. The first kappa shape index (κ1) is 12.4. The summed E-state index contributed by atoms with van der Waals surface area (Å²) in [4.78, 5) is 2.71. The lowest BCUT2D eigenvalue weighted by molar-refractivity contribution is 0.149. The van der Waals surface area contributed by atoms with Crippen molar-refractivity contribution >= 4 is 0 Å². The van der Waals surface area contributed by atoms with Crippen molar-refractivity contribution < 1.29 is 0 Å². The van der Waals surface area contributed by atoms with Crippen molar-refractivity contribution in [3.8, 4) is 0 Å². The second-order valence-electron chi connectivity index (χ2n) is 6.18. The third kappa shape index (κ3) is 2.78. The molecule has 2 aliphatic rings. The second kappa shape index (κ2) is 5.50. The molecule has 0 amide bonds. The van der Waals surface area contributed by atoms with Crippen LogP contribution in [-0.4, -0.2) is 30.6 Å². The van der Waals surface area contributed by atoms with E-state index in [1.165, 1.54) is 45.2 Å². The average molecular weight is 224 g/mol. The van der Waals surface area contributed by atoms with Gasteiger partial charge in [0, 0.05) is 19.1 Å². The molecular weight excluding hydrogens is 196 g/mol. The fraction of sp³-hybridized carbons (Fsp3) is 1.00. The Labute approximate surface area is 101 Å². The smallest absolute Gasteiger partial charge is 0.00701 e. The van der Waals surface area contributed by atoms with Crippen LogP contribution in [-0.2, 0) is 0 Å². The zero-order valence-electron chi connectivity index (χ0n) is 11.0. The van der Waals surface area contributed by atoms with Crippen LogP contribution in [0.2, 0.25) is 0 Å². The molecule has 1 heterocycles. The lowest BCUT2D eigenvalue weighted by Crippen LogP contribution is -2.38. The van der Waals surface area contributed by atoms with Crippen molar-refractivity contribution in [1.82, 2.24) is 4.90 Å². The first-order valence-electron chi connectivity index (χ1n) is 7.14. The molecule has 4 unspecified atom stereocenters. The Hall–Kier alpha value is -0.0800. The highest BCUT2D eigenvalue weighted by Gasteiger charge is 2.31. The van der Waals surface area contributed by atoms with Crippen LogP contribution in [0.1, 0.15) is 46.0 Å². The number of rotatable bonds is 3. The van der Waals surface area contributed by atoms with Crippen LogP contribution in [0.5, 0.6) is 0 Å². The van der Waals surface area contributed by atoms with Gasteiger partial charge in [-0.25, -0.2) is 0 Å². The summed E-state index contributed by atoms with van der Waals surface area (Å²) >= 11 is 0. The molecule has 0 aromatic carbocycles. The Morgan fingerprint density at radius 3 is 2.38 bits per heavy atom. The largest absolute Gasteiger partial charge is 0.330 e. The summed E-state index contributed by atoms with van der Waals surface area (Å²) in [5.41, 5.74) is 5.91. The highest BCUT2D eigenvalue weighted by Crippen LogP contribution is 2.32. The van der Waals surface area contributed by atoms with Crippen molar-refractivity contribution in [2.24, 2.45) is 23.5 Å². The van der Waals surface area contributed by atoms with E-state index in [-0.39, 0.29) is 0 Å². The van der Waals surface area contributed by atoms with Gasteiger partial charge in [0.25, 0.3) is 0 Å². The van der Waals surface area contributed by atoms with Gasteiger partial charge in [-0.05, 0) is 50.5 Å². The summed E-state index contributed by atoms with van der Waals surface area (Å²) in [6.45, 7) is 8.31. The van der Waals surface area contributed by atoms with E-state index < -0.39 is 0 Å². The summed E-state index contributed by atoms with van der Waals surface area (Å²) in [5, 5.41) is 0. The van der Waals surface area contributed by atoms with Crippen LogP contribution in [0.3, 0.4) is 0 Å². The first-order valence-corrected chi connectivity index (χ1v) is 7.14. The average Bonchev–Trinajstić information content (AvgIpc) is 2.58. The van der Waals surface area contributed by atoms with Crippen LogP contribution in [0.15, 0.2) is 0 Å². The Morgan fingerprint density at radius 2 is 1.81 bits per heavy atom. The first-order chi connectivity index (χ1) is 7.70. The summed E-state index contributed by atoms with van der Waals surface area (Å²) in [6.07, 6.45) is 7.02. The fourth-order valence-corrected chi connectivity index (χ4v) is 3.78. The molecule has 2 fully saturated rings. The third-order valence-electron chi connectivity index (χ3n) is 4.75. The van der Waals surface area contributed by atoms with Crippen molar-refractivity contribution in [3.05, 3.63) is 0 Å². The van der Waals surface area contributed by atoms with E-state index in [0.29, 0.717) is 0 Å². The standard InChI is InChI=1S/C14H28N2/c1-11-7-12(2)16(9-11)10-14-6-4-3-5-13(14)8-15/h11-14H,3-10,15H2,1-2H3. The van der Waals surface area contributed by atoms with E-state index in [2.05, 4.69) is 18.7 Å². The summed E-state index contributed by atoms with van der Waals surface area (Å²) in [7, 11) is 0. The molecule has 4 atom stereocenters. The van der Waals surface area contributed by atoms with Crippen LogP contribution >= 0.6 is 0 Å². The highest BCUT2D eigenvalue weighted by molar-refractivity contribution is 4.85. The molecular formula is C14H28N2. The SMILES string of the molecule is CC1CC(C)N(CC2CCCCC2CN)C1. The zero-order chi connectivity index (χ0) is 11.5. The zero-order valence-corrected chi connectivity index (χ0v) is 11.0. The molecule has 1 aliphatic carbocycles. The minimum Gasteiger partial charge on any atom is -0.330 e. The van der Waals surface area contributed by atoms with Crippen molar-refractivity contribution in [2.45, 2.75) is 52.0 Å². The molecule has 0 bridgehead atoms. The second-order valence-corrected chi connectivity index (χ2v) is 6.18. The quantitative estimate of drug-likeness (QED) is 0.798. The van der Waals surface area contributed by atoms with Gasteiger partial charge in [-0.15, -0.1) is 0 Å². The van der Waals surface area contributed by atoms with E-state index in [4.69, 9.17) is 5.73 Å². The van der Waals surface area contributed by atoms with Crippen molar-refractivity contribution in [2.75, 3.05) is 19.6 Å². The maximum absolute atomic E-state index is 5.91. The molecule has 1 saturated heterocycles. The van der Waals surface area contributed by atoms with E-state index in [9.17, 15) is 0 Å². The van der Waals surface area contributed by atoms with Crippen LogP contribution in [0.25, 0.3) is 0 Å². The molecule has 0 aromatic heterocycles. The highest BCUT2D eigenvalue weighted by atomic mass is 15.2. The number of nitrogens with zero attached hydrogens (tertiary/aromatic N) is 1. The lowest BCUT2D eigenvalue weighted by atomic mass is 9.79. The van der Waals surface area contributed by atoms with Gasteiger partial charge >= 0.3 is 0 Å². The monoisotopic (exact) mass is 224 g/mol. The molecule has 1 aliphatic heterocycles. The van der Waals surface area contributed by atoms with Gasteiger partial charge in [0.05, 0.1) is 0 Å². The summed E-state index contributed by atoms with van der Waals surface area (Å²) in [5.74, 6) is 2.58. The molecule has 0 radical (unpaired) electrons. The number of hydrogen-bond donors (Lipinski definition) is 1. The normalized spacial score (nSPS) is 41.4. The molecule has 94 valence electrons. The minimum atomic E-state index is 0.801. The minimum absolute atomic E-state index is 0.801. The van der Waals surface area contributed by atoms with E-state index in [0.717, 1.165) is 30.3 Å². The molecule has 1 saturated carbocycles. The predicted octanol–water partition coefficient (Wildman–Crippen LogP) is 2.48. The van der Waals surface area contributed by atoms with Gasteiger partial charge < -0.3 is 10.6 Å². The van der Waals surface area contributed by atoms with Crippen LogP contribution < -0.4 is 5.73 Å². The van der Waals surface area contributed by atoms with Crippen LogP contribution in [0.4, 0.5) is 0 Å². The topological polar surface area (TPSA) is 29.3 Å². The fourth-order valence-electron chi connectivity index (χ4n) is 3.78. The summed E-state index contributed by atoms with van der Waals surface area (Å²) < 4.78 is 0. The molecule has 2 N–H and O–H groups in total. The summed E-state index contributed by atoms with van der Waals surface area (Å²) in [6, 6.07) is 0.801. The Bertz CT molecular complexity index is 217. The maximum Gasteiger partial charge on any atom is 0.00701 e. The molecule has 0 spiro atoms. The molecule has 0 aromatic rings. The van der Waals surface area contributed by atoms with E-state index in [1.807, 2.05) is 0 Å². The Morgan fingerprint density at radius 1 is 1.12 bits per heavy atom. The van der Waals surface area contributed by atoms with Gasteiger partial charge in [-0.2, -0.15) is 0 Å². The number of hydrogen-bond acceptors (Lipinski definition) is 2. The lowest BCUT2D eigenvalue weighted by Gasteiger charge is -2.35.